The molecule has 2 fully saturated rings. The molecule has 37 heavy (non-hydrogen) atoms. The number of hydrogen-bond donors (Lipinski definition) is 0. The van der Waals surface area contributed by atoms with Crippen LogP contribution in [0.3, 0.4) is 0 Å². The van der Waals surface area contributed by atoms with Gasteiger partial charge in [0.15, 0.2) is 0 Å². The third kappa shape index (κ3) is 6.13. The largest absolute Gasteiger partial charge is 0.486 e. The van der Waals surface area contributed by atoms with Gasteiger partial charge < -0.3 is 9.64 Å². The van der Waals surface area contributed by atoms with Crippen molar-refractivity contribution in [2.24, 2.45) is 5.41 Å². The lowest BCUT2D eigenvalue weighted by molar-refractivity contribution is 0.242. The topological polar surface area (TPSA) is 84.7 Å². The highest BCUT2D eigenvalue weighted by atomic mass is 127. The fourth-order valence-corrected chi connectivity index (χ4v) is 6.34. The lowest BCUT2D eigenvalue weighted by atomic mass is 10.2. The summed E-state index contributed by atoms with van der Waals surface area (Å²) in [4.78, 5) is 15.5. The van der Waals surface area contributed by atoms with Crippen LogP contribution in [0.5, 0.6) is 5.75 Å². The number of hydrogen-bond acceptors (Lipinski definition) is 6. The third-order valence-electron chi connectivity index (χ3n) is 6.87. The fourth-order valence-electron chi connectivity index (χ4n) is 4.28. The average Bonchev–Trinajstić information content (AvgIpc) is 3.61. The minimum atomic E-state index is -3.46. The van der Waals surface area contributed by atoms with Crippen molar-refractivity contribution in [3.05, 3.63) is 79.2 Å². The Morgan fingerprint density at radius 2 is 1.78 bits per heavy atom. The highest BCUT2D eigenvalue weighted by Gasteiger charge is 2.39. The minimum absolute atomic E-state index is 0.0336. The summed E-state index contributed by atoms with van der Waals surface area (Å²) in [5, 5.41) is 4.91. The van der Waals surface area contributed by atoms with E-state index in [9.17, 15) is 13.2 Å². The Morgan fingerprint density at radius 1 is 1.08 bits per heavy atom. The Hall–Kier alpha value is -2.15. The van der Waals surface area contributed by atoms with E-state index < -0.39 is 10.0 Å². The van der Waals surface area contributed by atoms with Crippen LogP contribution >= 0.6 is 34.2 Å². The van der Waals surface area contributed by atoms with Crippen molar-refractivity contribution < 1.29 is 13.2 Å². The zero-order valence-electron chi connectivity index (χ0n) is 20.4. The van der Waals surface area contributed by atoms with Gasteiger partial charge in [-0.25, -0.2) is 8.42 Å². The lowest BCUT2D eigenvalue weighted by Crippen LogP contribution is -2.49. The molecule has 0 unspecified atom stereocenters. The van der Waals surface area contributed by atoms with Crippen LogP contribution in [0, 0.1) is 8.99 Å². The number of benzene rings is 2. The van der Waals surface area contributed by atoms with Crippen molar-refractivity contribution in [3.8, 4) is 11.4 Å². The average molecular weight is 655 g/mol. The predicted octanol–water partition coefficient (Wildman–Crippen LogP) is 4.32. The molecule has 0 bridgehead atoms. The van der Waals surface area contributed by atoms with E-state index in [1.54, 1.807) is 30.5 Å². The number of halogens is 2. The fraction of sp³-hybridized carbons (Fsp3) is 0.385. The molecule has 196 valence electrons. The monoisotopic (exact) mass is 654 g/mol. The van der Waals surface area contributed by atoms with Crippen LogP contribution in [0.2, 0.25) is 5.02 Å². The molecular formula is C26H28ClIN4O4S. The number of sulfonamides is 1. The molecule has 1 aromatic heterocycles. The number of aromatic nitrogens is 2. The molecule has 1 saturated carbocycles. The first-order chi connectivity index (χ1) is 17.6. The molecule has 0 spiro atoms. The summed E-state index contributed by atoms with van der Waals surface area (Å²) in [6.45, 7) is 4.09. The van der Waals surface area contributed by atoms with Gasteiger partial charge in [-0.1, -0.05) is 36.7 Å². The van der Waals surface area contributed by atoms with Gasteiger partial charge in [0.2, 0.25) is 15.8 Å². The van der Waals surface area contributed by atoms with Gasteiger partial charge in [0.05, 0.1) is 24.2 Å². The van der Waals surface area contributed by atoms with E-state index in [0.717, 1.165) is 22.0 Å². The van der Waals surface area contributed by atoms with Gasteiger partial charge in [0, 0.05) is 40.2 Å². The molecule has 8 nitrogen and oxygen atoms in total. The molecule has 2 heterocycles. The van der Waals surface area contributed by atoms with Crippen molar-refractivity contribution in [1.29, 1.82) is 0 Å². The summed E-state index contributed by atoms with van der Waals surface area (Å²) >= 11 is 8.34. The molecule has 2 aliphatic rings. The highest BCUT2D eigenvalue weighted by Crippen LogP contribution is 2.45. The van der Waals surface area contributed by atoms with Crippen LogP contribution < -0.4 is 15.2 Å². The number of ether oxygens (including phenoxy) is 1. The van der Waals surface area contributed by atoms with Gasteiger partial charge in [0.1, 0.15) is 5.69 Å². The molecule has 0 N–H and O–H groups in total. The van der Waals surface area contributed by atoms with Gasteiger partial charge in [-0.3, -0.25) is 4.79 Å². The number of anilines is 1. The maximum Gasteiger partial charge on any atom is 0.316 e. The molecule has 0 radical (unpaired) electrons. The normalized spacial score (nSPS) is 17.5. The maximum absolute atomic E-state index is 13.5. The summed E-state index contributed by atoms with van der Waals surface area (Å²) < 4.78 is 36.1. The summed E-state index contributed by atoms with van der Waals surface area (Å²) in [5.74, 6) is 0.201. The Balaban J connectivity index is 1.36. The van der Waals surface area contributed by atoms with E-state index >= 15 is 0 Å². The van der Waals surface area contributed by atoms with Crippen molar-refractivity contribution in [3.63, 3.8) is 0 Å². The zero-order chi connectivity index (χ0) is 26.2. The van der Waals surface area contributed by atoms with Gasteiger partial charge in [-0.2, -0.15) is 14.1 Å². The Bertz CT molecular complexity index is 1450. The maximum atomic E-state index is 13.5. The van der Waals surface area contributed by atoms with Crippen LogP contribution in [0.4, 0.5) is 5.69 Å². The van der Waals surface area contributed by atoms with E-state index in [-0.39, 0.29) is 22.5 Å². The van der Waals surface area contributed by atoms with Crippen LogP contribution in [-0.4, -0.2) is 55.3 Å². The van der Waals surface area contributed by atoms with Crippen molar-refractivity contribution in [2.75, 3.05) is 37.7 Å². The molecule has 2 aromatic carbocycles. The van der Waals surface area contributed by atoms with Crippen LogP contribution in [0.25, 0.3) is 5.69 Å². The van der Waals surface area contributed by atoms with E-state index in [1.165, 1.54) is 8.99 Å². The van der Waals surface area contributed by atoms with Gasteiger partial charge in [-0.05, 0) is 71.3 Å². The highest BCUT2D eigenvalue weighted by molar-refractivity contribution is 14.1. The molecule has 3 aromatic rings. The van der Waals surface area contributed by atoms with E-state index in [2.05, 4.69) is 34.6 Å². The molecule has 1 aliphatic heterocycles. The lowest BCUT2D eigenvalue weighted by Gasteiger charge is -2.35. The van der Waals surface area contributed by atoms with Crippen LogP contribution in [-0.2, 0) is 15.8 Å². The standard InChI is InChI=1S/C26H28ClIN4O4S/c1-26(9-10-26)18-36-24-23(16-29-32(25(24)33)22-4-2-3-20(27)15-22)30-11-13-31(14-12-30)37(34,35)17-19-5-7-21(28)8-6-19/h2-8,15-16H,9-14,17-18H2,1H3. The molecule has 1 saturated heterocycles. The SMILES string of the molecule is CC1(COc2c(N3CCN(S(=O)(=O)Cc4ccc(I)cc4)CC3)cnn(-c3cccc(Cl)c3)c2=O)CC1. The number of rotatable bonds is 8. The Labute approximate surface area is 235 Å². The molecular weight excluding hydrogens is 627 g/mol. The van der Waals surface area contributed by atoms with E-state index in [0.29, 0.717) is 49.2 Å². The van der Waals surface area contributed by atoms with E-state index in [4.69, 9.17) is 16.3 Å². The zero-order valence-corrected chi connectivity index (χ0v) is 24.2. The molecule has 1 aliphatic carbocycles. The summed E-state index contributed by atoms with van der Waals surface area (Å²) in [6.07, 6.45) is 3.75. The number of nitrogens with zero attached hydrogens (tertiary/aromatic N) is 4. The van der Waals surface area contributed by atoms with E-state index in [1.807, 2.05) is 29.2 Å². The van der Waals surface area contributed by atoms with Crippen molar-refractivity contribution in [1.82, 2.24) is 14.1 Å². The van der Waals surface area contributed by atoms with Gasteiger partial charge >= 0.3 is 5.56 Å². The van der Waals surface area contributed by atoms with Crippen LogP contribution in [0.1, 0.15) is 25.3 Å². The molecule has 11 heteroatoms. The second kappa shape index (κ2) is 10.5. The summed E-state index contributed by atoms with van der Waals surface area (Å²) in [5.41, 5.74) is 1.62. The van der Waals surface area contributed by atoms with Gasteiger partial charge in [0.25, 0.3) is 0 Å². The second-order valence-corrected chi connectivity index (χ2v) is 13.6. The molecule has 0 amide bonds. The molecule has 0 atom stereocenters. The Morgan fingerprint density at radius 3 is 2.43 bits per heavy atom. The van der Waals surface area contributed by atoms with Crippen LogP contribution in [0.15, 0.2) is 59.5 Å². The Kier molecular flexibility index (Phi) is 7.54. The summed E-state index contributed by atoms with van der Waals surface area (Å²) in [7, 11) is -3.46. The predicted molar refractivity (Wildman–Crippen MR) is 153 cm³/mol. The third-order valence-corrected chi connectivity index (χ3v) is 9.68. The number of piperazine rings is 1. The first-order valence-corrected chi connectivity index (χ1v) is 15.2. The minimum Gasteiger partial charge on any atom is -0.486 e. The first kappa shape index (κ1) is 26.5. The first-order valence-electron chi connectivity index (χ1n) is 12.1. The van der Waals surface area contributed by atoms with Gasteiger partial charge in [-0.15, -0.1) is 0 Å². The molecule has 5 rings (SSSR count). The quantitative estimate of drug-likeness (QED) is 0.337. The smallest absolute Gasteiger partial charge is 0.316 e. The van der Waals surface area contributed by atoms with Crippen molar-refractivity contribution >= 4 is 49.9 Å². The second-order valence-electron chi connectivity index (χ2n) is 9.92. The summed E-state index contributed by atoms with van der Waals surface area (Å²) in [6, 6.07) is 14.5. The van der Waals surface area contributed by atoms with Crippen molar-refractivity contribution in [2.45, 2.75) is 25.5 Å².